The molecule has 2 aromatic heterocycles. The normalized spacial score (nSPS) is 18.6. The molecule has 0 bridgehead atoms. The summed E-state index contributed by atoms with van der Waals surface area (Å²) in [5.74, 6) is 0.0638. The molecule has 160 valence electrons. The van der Waals surface area contributed by atoms with E-state index in [0.717, 1.165) is 18.4 Å². The van der Waals surface area contributed by atoms with E-state index in [1.807, 2.05) is 30.3 Å². The monoisotopic (exact) mass is 420 g/mol. The van der Waals surface area contributed by atoms with Crippen LogP contribution < -0.4 is 5.32 Å². The number of nitrogens with zero attached hydrogens (tertiary/aromatic N) is 5. The largest absolute Gasteiger partial charge is 0.348 e. The van der Waals surface area contributed by atoms with Crippen molar-refractivity contribution < 1.29 is 14.2 Å². The molecule has 0 spiro atoms. The van der Waals surface area contributed by atoms with Gasteiger partial charge in [-0.1, -0.05) is 40.6 Å². The Balaban J connectivity index is 1.51. The van der Waals surface area contributed by atoms with E-state index in [4.69, 9.17) is 0 Å². The van der Waals surface area contributed by atoms with Gasteiger partial charge in [0, 0.05) is 24.5 Å². The zero-order valence-electron chi connectivity index (χ0n) is 17.5. The fourth-order valence-electron chi connectivity index (χ4n) is 3.78. The first-order chi connectivity index (χ1) is 15.0. The topological polar surface area (TPSA) is 114 Å². The Morgan fingerprint density at radius 1 is 1.13 bits per heavy atom. The van der Waals surface area contributed by atoms with Crippen molar-refractivity contribution in [2.75, 3.05) is 6.54 Å². The summed E-state index contributed by atoms with van der Waals surface area (Å²) in [6, 6.07) is 9.56. The maximum atomic E-state index is 13.3. The van der Waals surface area contributed by atoms with Crippen LogP contribution in [-0.2, 0) is 11.3 Å². The van der Waals surface area contributed by atoms with E-state index in [-0.39, 0.29) is 18.4 Å². The predicted molar refractivity (Wildman–Crippen MR) is 112 cm³/mol. The highest BCUT2D eigenvalue weighted by molar-refractivity contribution is 5.99. The number of nitrogens with one attached hydrogen (secondary N) is 1. The smallest absolute Gasteiger partial charge is 0.257 e. The second kappa shape index (κ2) is 8.63. The molecule has 3 heterocycles. The van der Waals surface area contributed by atoms with Gasteiger partial charge in [0.15, 0.2) is 5.82 Å². The summed E-state index contributed by atoms with van der Waals surface area (Å²) in [6.07, 6.45) is 5.32. The molecule has 1 aromatic carbocycles. The molecule has 1 atom stereocenters. The molecule has 4 rings (SSSR count). The quantitative estimate of drug-likeness (QED) is 0.674. The minimum atomic E-state index is -0.974. The Hall–Kier alpha value is -3.62. The van der Waals surface area contributed by atoms with Crippen LogP contribution in [-0.4, -0.2) is 49.1 Å². The predicted octanol–water partition coefficient (Wildman–Crippen LogP) is 2.54. The number of aromatic nitrogens is 4. The summed E-state index contributed by atoms with van der Waals surface area (Å²) in [6.45, 7) is 4.25. The summed E-state index contributed by atoms with van der Waals surface area (Å²) < 4.78 is 4.68. The second-order valence-corrected chi connectivity index (χ2v) is 7.83. The third-order valence-electron chi connectivity index (χ3n) is 5.72. The number of likely N-dealkylation sites (tertiary alicyclic amines) is 1. The van der Waals surface area contributed by atoms with E-state index >= 15 is 0 Å². The van der Waals surface area contributed by atoms with Crippen LogP contribution in [0.15, 0.2) is 47.4 Å². The van der Waals surface area contributed by atoms with Gasteiger partial charge in [0.05, 0.1) is 12.1 Å². The molecule has 1 saturated heterocycles. The van der Waals surface area contributed by atoms with Crippen LogP contribution >= 0.6 is 0 Å². The number of carbonyl (C=O) groups excluding carboxylic acids is 2. The molecule has 9 nitrogen and oxygen atoms in total. The minimum Gasteiger partial charge on any atom is -0.348 e. The Kier molecular flexibility index (Phi) is 5.75. The van der Waals surface area contributed by atoms with Crippen LogP contribution in [0.3, 0.4) is 0 Å². The molecule has 1 N–H and O–H groups in total. The highest BCUT2D eigenvalue weighted by Gasteiger charge is 2.44. The zero-order chi connectivity index (χ0) is 21.8. The van der Waals surface area contributed by atoms with Crippen molar-refractivity contribution in [1.82, 2.24) is 30.5 Å². The standard InChI is InChI=1S/C22H24N6O3/c1-15-18(27-31-26-15)14-25-21(30)22(2)10-6-7-11-28(22)20(29)17-12-23-19(24-13-17)16-8-4-3-5-9-16/h3-5,8-9,12-13H,6-7,10-11,14H2,1-2H3,(H,25,30)/t22-/m1/s1. The highest BCUT2D eigenvalue weighted by Crippen LogP contribution is 2.30. The van der Waals surface area contributed by atoms with Gasteiger partial charge in [0.2, 0.25) is 5.91 Å². The van der Waals surface area contributed by atoms with Gasteiger partial charge in [-0.05, 0) is 33.1 Å². The van der Waals surface area contributed by atoms with Gasteiger partial charge in [0.25, 0.3) is 5.91 Å². The van der Waals surface area contributed by atoms with Crippen LogP contribution in [0, 0.1) is 6.92 Å². The Morgan fingerprint density at radius 2 is 1.87 bits per heavy atom. The van der Waals surface area contributed by atoms with Crippen LogP contribution in [0.5, 0.6) is 0 Å². The van der Waals surface area contributed by atoms with E-state index in [1.165, 1.54) is 12.4 Å². The molecule has 9 heteroatoms. The Bertz CT molecular complexity index is 1070. The summed E-state index contributed by atoms with van der Waals surface area (Å²) in [4.78, 5) is 36.7. The van der Waals surface area contributed by atoms with Crippen LogP contribution in [0.25, 0.3) is 11.4 Å². The summed E-state index contributed by atoms with van der Waals surface area (Å²) in [5.41, 5.74) is 1.45. The summed E-state index contributed by atoms with van der Waals surface area (Å²) in [7, 11) is 0. The lowest BCUT2D eigenvalue weighted by Crippen LogP contribution is -2.60. The first-order valence-electron chi connectivity index (χ1n) is 10.2. The molecule has 1 aliphatic rings. The van der Waals surface area contributed by atoms with Gasteiger partial charge < -0.3 is 10.2 Å². The van der Waals surface area contributed by atoms with Crippen molar-refractivity contribution in [2.24, 2.45) is 0 Å². The molecule has 1 aliphatic heterocycles. The first-order valence-corrected chi connectivity index (χ1v) is 10.2. The highest BCUT2D eigenvalue weighted by atomic mass is 16.6. The molecule has 1 fully saturated rings. The number of amides is 2. The van der Waals surface area contributed by atoms with E-state index in [2.05, 4.69) is 30.2 Å². The van der Waals surface area contributed by atoms with Gasteiger partial charge in [-0.3, -0.25) is 9.59 Å². The molecular weight excluding hydrogens is 396 g/mol. The maximum Gasteiger partial charge on any atom is 0.257 e. The van der Waals surface area contributed by atoms with Crippen LogP contribution in [0.4, 0.5) is 0 Å². The van der Waals surface area contributed by atoms with Crippen LogP contribution in [0.2, 0.25) is 0 Å². The SMILES string of the molecule is Cc1nonc1CNC(=O)[C@@]1(C)CCCCN1C(=O)c1cnc(-c2ccccc2)nc1. The number of aryl methyl sites for hydroxylation is 1. The third-order valence-corrected chi connectivity index (χ3v) is 5.72. The summed E-state index contributed by atoms with van der Waals surface area (Å²) >= 11 is 0. The number of carbonyl (C=O) groups is 2. The number of hydrogen-bond acceptors (Lipinski definition) is 7. The van der Waals surface area contributed by atoms with Gasteiger partial charge in [-0.15, -0.1) is 0 Å². The molecule has 2 amide bonds. The number of rotatable bonds is 5. The fourth-order valence-corrected chi connectivity index (χ4v) is 3.78. The molecule has 31 heavy (non-hydrogen) atoms. The molecule has 0 aliphatic carbocycles. The van der Waals surface area contributed by atoms with Gasteiger partial charge in [0.1, 0.15) is 16.9 Å². The van der Waals surface area contributed by atoms with Gasteiger partial charge >= 0.3 is 0 Å². The fraction of sp³-hybridized carbons (Fsp3) is 0.364. The lowest BCUT2D eigenvalue weighted by atomic mass is 9.86. The second-order valence-electron chi connectivity index (χ2n) is 7.83. The van der Waals surface area contributed by atoms with Crippen LogP contribution in [0.1, 0.15) is 47.9 Å². The number of piperidine rings is 1. The van der Waals surface area contributed by atoms with Gasteiger partial charge in [-0.2, -0.15) is 0 Å². The van der Waals surface area contributed by atoms with Crippen molar-refractivity contribution in [3.63, 3.8) is 0 Å². The van der Waals surface area contributed by atoms with Crippen molar-refractivity contribution in [2.45, 2.75) is 45.2 Å². The minimum absolute atomic E-state index is 0.195. The Morgan fingerprint density at radius 3 is 2.55 bits per heavy atom. The van der Waals surface area contributed by atoms with Crippen molar-refractivity contribution in [1.29, 1.82) is 0 Å². The molecular formula is C22H24N6O3. The van der Waals surface area contributed by atoms with E-state index in [1.54, 1.807) is 18.7 Å². The average molecular weight is 420 g/mol. The molecule has 3 aromatic rings. The average Bonchev–Trinajstić information content (AvgIpc) is 3.22. The van der Waals surface area contributed by atoms with Crippen molar-refractivity contribution >= 4 is 11.8 Å². The van der Waals surface area contributed by atoms with Gasteiger partial charge in [-0.25, -0.2) is 14.6 Å². The van der Waals surface area contributed by atoms with E-state index in [0.29, 0.717) is 35.7 Å². The number of benzene rings is 1. The zero-order valence-corrected chi connectivity index (χ0v) is 17.5. The molecule has 0 saturated carbocycles. The van der Waals surface area contributed by atoms with Crippen molar-refractivity contribution in [3.8, 4) is 11.4 Å². The lowest BCUT2D eigenvalue weighted by Gasteiger charge is -2.43. The molecule has 0 unspecified atom stereocenters. The maximum absolute atomic E-state index is 13.3. The first kappa shape index (κ1) is 20.6. The number of hydrogen-bond donors (Lipinski definition) is 1. The molecule has 0 radical (unpaired) electrons. The lowest BCUT2D eigenvalue weighted by molar-refractivity contribution is -0.133. The van der Waals surface area contributed by atoms with Crippen molar-refractivity contribution in [3.05, 3.63) is 59.7 Å². The van der Waals surface area contributed by atoms with E-state index in [9.17, 15) is 9.59 Å². The Labute approximate surface area is 179 Å². The third kappa shape index (κ3) is 4.16. The van der Waals surface area contributed by atoms with E-state index < -0.39 is 5.54 Å². The summed E-state index contributed by atoms with van der Waals surface area (Å²) in [5, 5.41) is 10.4.